The summed E-state index contributed by atoms with van der Waals surface area (Å²) >= 11 is 0. The number of nitrogens with zero attached hydrogens (tertiary/aromatic N) is 2. The maximum Gasteiger partial charge on any atom is 0.141 e. The molecule has 1 aromatic heterocycles. The molecule has 0 saturated carbocycles. The van der Waals surface area contributed by atoms with Gasteiger partial charge < -0.3 is 19.9 Å². The van der Waals surface area contributed by atoms with Crippen molar-refractivity contribution in [1.29, 1.82) is 0 Å². The Labute approximate surface area is 94.7 Å². The number of ether oxygens (including phenoxy) is 3. The molecule has 2 N–H and O–H groups in total. The zero-order chi connectivity index (χ0) is 11.6. The third kappa shape index (κ3) is 5.59. The zero-order valence-corrected chi connectivity index (χ0v) is 9.39. The van der Waals surface area contributed by atoms with Gasteiger partial charge in [0.15, 0.2) is 0 Å². The Morgan fingerprint density at radius 1 is 1.06 bits per heavy atom. The number of hydrogen-bond acceptors (Lipinski definition) is 6. The predicted molar refractivity (Wildman–Crippen MR) is 58.8 cm³/mol. The standard InChI is InChI=1S/C10H17N3O3/c1-14-2-3-15-4-5-16-8-9-6-13-10(11)7-12-9/h6-7H,2-5,8H2,1H3,(H2,11,13). The van der Waals surface area contributed by atoms with E-state index in [1.807, 2.05) is 0 Å². The molecule has 0 unspecified atom stereocenters. The van der Waals surface area contributed by atoms with Crippen molar-refractivity contribution >= 4 is 5.82 Å². The van der Waals surface area contributed by atoms with Gasteiger partial charge >= 0.3 is 0 Å². The summed E-state index contributed by atoms with van der Waals surface area (Å²) in [7, 11) is 1.64. The molecule has 1 heterocycles. The van der Waals surface area contributed by atoms with E-state index in [4.69, 9.17) is 19.9 Å². The van der Waals surface area contributed by atoms with E-state index in [2.05, 4.69) is 9.97 Å². The molecule has 0 aliphatic carbocycles. The SMILES string of the molecule is COCCOCCOCc1cnc(N)cn1. The van der Waals surface area contributed by atoms with Crippen LogP contribution >= 0.6 is 0 Å². The molecular weight excluding hydrogens is 210 g/mol. The highest BCUT2D eigenvalue weighted by atomic mass is 16.5. The summed E-state index contributed by atoms with van der Waals surface area (Å²) < 4.78 is 15.4. The minimum atomic E-state index is 0.409. The number of rotatable bonds is 8. The summed E-state index contributed by atoms with van der Waals surface area (Å²) in [6.45, 7) is 2.67. The number of methoxy groups -OCH3 is 1. The van der Waals surface area contributed by atoms with Gasteiger partial charge in [-0.05, 0) is 0 Å². The van der Waals surface area contributed by atoms with Gasteiger partial charge in [-0.1, -0.05) is 0 Å². The topological polar surface area (TPSA) is 79.5 Å². The summed E-state index contributed by atoms with van der Waals surface area (Å²) in [5, 5.41) is 0. The molecule has 6 nitrogen and oxygen atoms in total. The van der Waals surface area contributed by atoms with Crippen LogP contribution < -0.4 is 5.73 Å². The minimum Gasteiger partial charge on any atom is -0.382 e. The van der Waals surface area contributed by atoms with Crippen LogP contribution in [0.1, 0.15) is 5.69 Å². The number of hydrogen-bond donors (Lipinski definition) is 1. The van der Waals surface area contributed by atoms with Gasteiger partial charge in [0.05, 0.1) is 51.1 Å². The van der Waals surface area contributed by atoms with Crippen LogP contribution in [0.4, 0.5) is 5.82 Å². The van der Waals surface area contributed by atoms with Crippen molar-refractivity contribution in [2.45, 2.75) is 6.61 Å². The van der Waals surface area contributed by atoms with Crippen molar-refractivity contribution in [2.75, 3.05) is 39.3 Å². The fraction of sp³-hybridized carbons (Fsp3) is 0.600. The molecule has 0 saturated heterocycles. The lowest BCUT2D eigenvalue weighted by Gasteiger charge is -2.04. The van der Waals surface area contributed by atoms with Gasteiger partial charge in [-0.2, -0.15) is 0 Å². The summed E-state index contributed by atoms with van der Waals surface area (Å²) in [5.41, 5.74) is 6.16. The van der Waals surface area contributed by atoms with Crippen LogP contribution in [0.15, 0.2) is 12.4 Å². The Hall–Kier alpha value is -1.24. The molecule has 0 aromatic carbocycles. The first kappa shape index (κ1) is 12.8. The maximum atomic E-state index is 5.40. The zero-order valence-electron chi connectivity index (χ0n) is 9.39. The van der Waals surface area contributed by atoms with Crippen LogP contribution in [0.25, 0.3) is 0 Å². The normalized spacial score (nSPS) is 10.6. The molecule has 0 fully saturated rings. The van der Waals surface area contributed by atoms with Crippen LogP contribution in [0.2, 0.25) is 0 Å². The van der Waals surface area contributed by atoms with E-state index < -0.39 is 0 Å². The van der Waals surface area contributed by atoms with Gasteiger partial charge in [0, 0.05) is 7.11 Å². The first-order chi connectivity index (χ1) is 7.83. The molecular formula is C10H17N3O3. The Kier molecular flexibility index (Phi) is 6.39. The fourth-order valence-corrected chi connectivity index (χ4v) is 0.978. The van der Waals surface area contributed by atoms with E-state index in [0.29, 0.717) is 38.9 Å². The highest BCUT2D eigenvalue weighted by molar-refractivity contribution is 5.22. The largest absolute Gasteiger partial charge is 0.382 e. The quantitative estimate of drug-likeness (QED) is 0.641. The van der Waals surface area contributed by atoms with Crippen LogP contribution in [-0.4, -0.2) is 43.5 Å². The van der Waals surface area contributed by atoms with E-state index in [1.54, 1.807) is 13.3 Å². The van der Waals surface area contributed by atoms with E-state index in [-0.39, 0.29) is 0 Å². The minimum absolute atomic E-state index is 0.409. The van der Waals surface area contributed by atoms with Crippen molar-refractivity contribution in [2.24, 2.45) is 0 Å². The van der Waals surface area contributed by atoms with Crippen LogP contribution in [-0.2, 0) is 20.8 Å². The first-order valence-electron chi connectivity index (χ1n) is 5.03. The molecule has 1 aromatic rings. The molecule has 0 aliphatic rings. The number of anilines is 1. The van der Waals surface area contributed by atoms with Crippen molar-refractivity contribution < 1.29 is 14.2 Å². The van der Waals surface area contributed by atoms with Crippen LogP contribution in [0.5, 0.6) is 0 Å². The van der Waals surface area contributed by atoms with Gasteiger partial charge in [0.1, 0.15) is 5.82 Å². The Morgan fingerprint density at radius 2 is 1.81 bits per heavy atom. The number of aromatic nitrogens is 2. The van der Waals surface area contributed by atoms with Gasteiger partial charge in [0.2, 0.25) is 0 Å². The highest BCUT2D eigenvalue weighted by Gasteiger charge is 1.95. The van der Waals surface area contributed by atoms with Gasteiger partial charge in [-0.3, -0.25) is 4.98 Å². The van der Waals surface area contributed by atoms with Gasteiger partial charge in [-0.15, -0.1) is 0 Å². The fourth-order valence-electron chi connectivity index (χ4n) is 0.978. The first-order valence-corrected chi connectivity index (χ1v) is 5.03. The third-order valence-electron chi connectivity index (χ3n) is 1.78. The van der Waals surface area contributed by atoms with E-state index >= 15 is 0 Å². The van der Waals surface area contributed by atoms with E-state index in [0.717, 1.165) is 5.69 Å². The maximum absolute atomic E-state index is 5.40. The summed E-state index contributed by atoms with van der Waals surface area (Å²) in [6.07, 6.45) is 3.11. The molecule has 0 aliphatic heterocycles. The second kappa shape index (κ2) is 7.98. The average molecular weight is 227 g/mol. The molecule has 0 atom stereocenters. The second-order valence-electron chi connectivity index (χ2n) is 3.09. The third-order valence-corrected chi connectivity index (χ3v) is 1.78. The van der Waals surface area contributed by atoms with Crippen molar-refractivity contribution in [3.8, 4) is 0 Å². The summed E-state index contributed by atoms with van der Waals surface area (Å²) in [6, 6.07) is 0. The Bertz CT molecular complexity index is 279. The smallest absolute Gasteiger partial charge is 0.141 e. The molecule has 1 rings (SSSR count). The average Bonchev–Trinajstić information content (AvgIpc) is 2.30. The van der Waals surface area contributed by atoms with Crippen LogP contribution in [0, 0.1) is 0 Å². The lowest BCUT2D eigenvalue weighted by Crippen LogP contribution is -2.08. The van der Waals surface area contributed by atoms with E-state index in [1.165, 1.54) is 6.20 Å². The second-order valence-corrected chi connectivity index (χ2v) is 3.09. The summed E-state index contributed by atoms with van der Waals surface area (Å²) in [5.74, 6) is 0.409. The number of nitrogen functional groups attached to an aromatic ring is 1. The van der Waals surface area contributed by atoms with Crippen molar-refractivity contribution in [1.82, 2.24) is 9.97 Å². The highest BCUT2D eigenvalue weighted by Crippen LogP contribution is 1.97. The monoisotopic (exact) mass is 227 g/mol. The van der Waals surface area contributed by atoms with E-state index in [9.17, 15) is 0 Å². The Morgan fingerprint density at radius 3 is 2.50 bits per heavy atom. The molecule has 90 valence electrons. The molecule has 0 bridgehead atoms. The lowest BCUT2D eigenvalue weighted by atomic mass is 10.5. The molecule has 0 spiro atoms. The van der Waals surface area contributed by atoms with Gasteiger partial charge in [0.25, 0.3) is 0 Å². The van der Waals surface area contributed by atoms with Gasteiger partial charge in [-0.25, -0.2) is 4.98 Å². The predicted octanol–water partition coefficient (Wildman–Crippen LogP) is 0.238. The molecule has 16 heavy (non-hydrogen) atoms. The van der Waals surface area contributed by atoms with Crippen molar-refractivity contribution in [3.05, 3.63) is 18.1 Å². The lowest BCUT2D eigenvalue weighted by molar-refractivity contribution is 0.0192. The summed E-state index contributed by atoms with van der Waals surface area (Å²) in [4.78, 5) is 7.96. The molecule has 0 amide bonds. The Balaban J connectivity index is 2.01. The molecule has 6 heteroatoms. The number of nitrogens with two attached hydrogens (primary N) is 1. The van der Waals surface area contributed by atoms with Crippen molar-refractivity contribution in [3.63, 3.8) is 0 Å². The molecule has 0 radical (unpaired) electrons. The van der Waals surface area contributed by atoms with Crippen LogP contribution in [0.3, 0.4) is 0 Å².